The summed E-state index contributed by atoms with van der Waals surface area (Å²) in [5, 5.41) is 0. The van der Waals surface area contributed by atoms with Crippen molar-refractivity contribution in [2.75, 3.05) is 32.7 Å². The van der Waals surface area contributed by atoms with Crippen LogP contribution in [0.2, 0.25) is 0 Å². The number of aromatic nitrogens is 1. The Balaban J connectivity index is 2.10. The summed E-state index contributed by atoms with van der Waals surface area (Å²) in [6.45, 7) is 13.9. The van der Waals surface area contributed by atoms with Crippen molar-refractivity contribution >= 4 is 12.2 Å². The van der Waals surface area contributed by atoms with Crippen LogP contribution in [0.4, 0.5) is 0 Å². The molecule has 1 aromatic rings. The molecule has 0 N–H and O–H groups in total. The first-order chi connectivity index (χ1) is 10.2. The van der Waals surface area contributed by atoms with Gasteiger partial charge in [-0.2, -0.15) is 0 Å². The fourth-order valence-corrected chi connectivity index (χ4v) is 3.39. The van der Waals surface area contributed by atoms with Crippen LogP contribution in [0.15, 0.2) is 6.07 Å². The average molecular weight is 305 g/mol. The highest BCUT2D eigenvalue weighted by atomic mass is 16.1. The second kappa shape index (κ2) is 6.24. The smallest absolute Gasteiger partial charge is 0.209 e. The maximum atomic E-state index is 12.6. The molecule has 5 heteroatoms. The zero-order valence-corrected chi connectivity index (χ0v) is 14.3. The molecule has 0 aliphatic carbocycles. The highest BCUT2D eigenvalue weighted by Gasteiger charge is 2.24. The zero-order chi connectivity index (χ0) is 16.5. The van der Waals surface area contributed by atoms with E-state index in [9.17, 15) is 9.59 Å². The average Bonchev–Trinajstić information content (AvgIpc) is 2.74. The highest BCUT2D eigenvalue weighted by molar-refractivity contribution is 5.99. The van der Waals surface area contributed by atoms with Crippen molar-refractivity contribution < 1.29 is 9.59 Å². The highest BCUT2D eigenvalue weighted by Crippen LogP contribution is 2.24. The third-order valence-electron chi connectivity index (χ3n) is 4.33. The molecule has 0 saturated carbocycles. The van der Waals surface area contributed by atoms with E-state index in [1.54, 1.807) is 4.90 Å². The number of aryl methyl sites for hydroxylation is 1. The fourth-order valence-electron chi connectivity index (χ4n) is 3.39. The minimum atomic E-state index is -0.0255. The van der Waals surface area contributed by atoms with Gasteiger partial charge in [0, 0.05) is 48.7 Å². The molecule has 5 nitrogen and oxygen atoms in total. The molecule has 0 spiro atoms. The van der Waals surface area contributed by atoms with Gasteiger partial charge < -0.3 is 9.47 Å². The monoisotopic (exact) mass is 305 g/mol. The number of piperazine rings is 1. The summed E-state index contributed by atoms with van der Waals surface area (Å²) in [7, 11) is 0. The van der Waals surface area contributed by atoms with Crippen LogP contribution in [-0.2, 0) is 10.3 Å². The van der Waals surface area contributed by atoms with Crippen molar-refractivity contribution in [2.24, 2.45) is 0 Å². The van der Waals surface area contributed by atoms with Crippen molar-refractivity contribution in [3.05, 3.63) is 23.0 Å². The normalized spacial score (nSPS) is 16.9. The van der Waals surface area contributed by atoms with Crippen molar-refractivity contribution in [3.8, 4) is 0 Å². The molecule has 1 fully saturated rings. The predicted octanol–water partition coefficient (Wildman–Crippen LogP) is 1.82. The number of Topliss-reactive ketones (excluding diaryl/α,β-unsaturated/α-hetero) is 1. The van der Waals surface area contributed by atoms with E-state index in [1.807, 2.05) is 13.0 Å². The Bertz CT molecular complexity index is 561. The van der Waals surface area contributed by atoms with Crippen molar-refractivity contribution in [1.82, 2.24) is 14.4 Å². The lowest BCUT2D eigenvalue weighted by molar-refractivity contribution is -0.119. The third kappa shape index (κ3) is 3.40. The maximum absolute atomic E-state index is 12.6. The van der Waals surface area contributed by atoms with Crippen molar-refractivity contribution in [3.63, 3.8) is 0 Å². The number of carbonyl (C=O) groups excluding carboxylic acids is 2. The summed E-state index contributed by atoms with van der Waals surface area (Å²) in [6.07, 6.45) is 0.885. The summed E-state index contributed by atoms with van der Waals surface area (Å²) >= 11 is 0. The van der Waals surface area contributed by atoms with Crippen LogP contribution in [0.3, 0.4) is 0 Å². The molecule has 122 valence electrons. The molecule has 2 heterocycles. The zero-order valence-electron chi connectivity index (χ0n) is 14.3. The quantitative estimate of drug-likeness (QED) is 0.629. The molecule has 1 aliphatic heterocycles. The molecule has 1 aromatic heterocycles. The summed E-state index contributed by atoms with van der Waals surface area (Å²) in [5.74, 6) is 0.170. The van der Waals surface area contributed by atoms with Crippen LogP contribution in [0.25, 0.3) is 0 Å². The molecule has 22 heavy (non-hydrogen) atoms. The van der Waals surface area contributed by atoms with E-state index in [4.69, 9.17) is 0 Å². The van der Waals surface area contributed by atoms with Crippen LogP contribution in [0.5, 0.6) is 0 Å². The first-order valence-corrected chi connectivity index (χ1v) is 7.88. The lowest BCUT2D eigenvalue weighted by Gasteiger charge is -2.32. The van der Waals surface area contributed by atoms with Gasteiger partial charge in [0.2, 0.25) is 6.41 Å². The first-order valence-electron chi connectivity index (χ1n) is 7.88. The molecular formula is C17H27N3O2. The number of amides is 1. The van der Waals surface area contributed by atoms with E-state index in [1.165, 1.54) is 0 Å². The van der Waals surface area contributed by atoms with Crippen LogP contribution < -0.4 is 0 Å². The van der Waals surface area contributed by atoms with Gasteiger partial charge in [0.15, 0.2) is 5.78 Å². The lowest BCUT2D eigenvalue weighted by Crippen LogP contribution is -2.47. The Kier molecular flexibility index (Phi) is 4.75. The maximum Gasteiger partial charge on any atom is 0.209 e. The molecule has 1 saturated heterocycles. The van der Waals surface area contributed by atoms with Gasteiger partial charge in [-0.25, -0.2) is 0 Å². The molecular weight excluding hydrogens is 278 g/mol. The van der Waals surface area contributed by atoms with Gasteiger partial charge in [-0.1, -0.05) is 0 Å². The minimum absolute atomic E-state index is 0.0255. The SMILES string of the molecule is Cc1cc(C(=O)CN2CCN(C=O)CC2)c(C)n1C(C)(C)C. The second-order valence-electron chi connectivity index (χ2n) is 7.13. The standard InChI is InChI=1S/C17H27N3O2/c1-13-10-15(14(2)20(13)17(3,4)5)16(22)11-18-6-8-19(12-21)9-7-18/h10,12H,6-9,11H2,1-5H3. The number of carbonyl (C=O) groups is 2. The van der Waals surface area contributed by atoms with E-state index in [-0.39, 0.29) is 11.3 Å². The minimum Gasteiger partial charge on any atom is -0.343 e. The first kappa shape index (κ1) is 16.7. The van der Waals surface area contributed by atoms with Gasteiger partial charge in [0.25, 0.3) is 0 Å². The topological polar surface area (TPSA) is 45.6 Å². The largest absolute Gasteiger partial charge is 0.343 e. The van der Waals surface area contributed by atoms with E-state index in [2.05, 4.69) is 37.2 Å². The predicted molar refractivity (Wildman–Crippen MR) is 87.3 cm³/mol. The molecule has 0 unspecified atom stereocenters. The molecule has 1 amide bonds. The summed E-state index contributed by atoms with van der Waals surface area (Å²) in [5.41, 5.74) is 2.97. The third-order valence-corrected chi connectivity index (χ3v) is 4.33. The number of hydrogen-bond acceptors (Lipinski definition) is 3. The Morgan fingerprint density at radius 1 is 1.18 bits per heavy atom. The molecule has 2 rings (SSSR count). The Hall–Kier alpha value is -1.62. The summed E-state index contributed by atoms with van der Waals surface area (Å²) < 4.78 is 2.23. The van der Waals surface area contributed by atoms with Gasteiger partial charge in [-0.15, -0.1) is 0 Å². The number of hydrogen-bond donors (Lipinski definition) is 0. The Labute approximate surface area is 132 Å². The van der Waals surface area contributed by atoms with E-state index in [0.29, 0.717) is 19.6 Å². The summed E-state index contributed by atoms with van der Waals surface area (Å²) in [6, 6.07) is 2.00. The van der Waals surface area contributed by atoms with Gasteiger partial charge in [-0.3, -0.25) is 14.5 Å². The number of ketones is 1. The molecule has 0 aromatic carbocycles. The number of rotatable bonds is 4. The Morgan fingerprint density at radius 3 is 2.23 bits per heavy atom. The molecule has 0 radical (unpaired) electrons. The van der Waals surface area contributed by atoms with Gasteiger partial charge in [-0.05, 0) is 40.7 Å². The van der Waals surface area contributed by atoms with Crippen LogP contribution >= 0.6 is 0 Å². The van der Waals surface area contributed by atoms with Crippen LogP contribution in [0, 0.1) is 13.8 Å². The van der Waals surface area contributed by atoms with Gasteiger partial charge >= 0.3 is 0 Å². The molecule has 1 aliphatic rings. The molecule has 0 atom stereocenters. The lowest BCUT2D eigenvalue weighted by atomic mass is 10.1. The van der Waals surface area contributed by atoms with E-state index in [0.717, 1.165) is 36.5 Å². The van der Waals surface area contributed by atoms with E-state index >= 15 is 0 Å². The van der Waals surface area contributed by atoms with Crippen LogP contribution in [-0.4, -0.2) is 59.3 Å². The second-order valence-corrected chi connectivity index (χ2v) is 7.13. The van der Waals surface area contributed by atoms with Crippen molar-refractivity contribution in [2.45, 2.75) is 40.2 Å². The summed E-state index contributed by atoms with van der Waals surface area (Å²) in [4.78, 5) is 27.3. The number of nitrogens with zero attached hydrogens (tertiary/aromatic N) is 3. The fraction of sp³-hybridized carbons (Fsp3) is 0.647. The van der Waals surface area contributed by atoms with Gasteiger partial charge in [0.05, 0.1) is 6.54 Å². The van der Waals surface area contributed by atoms with E-state index < -0.39 is 0 Å². The molecule has 0 bridgehead atoms. The van der Waals surface area contributed by atoms with Gasteiger partial charge in [0.1, 0.15) is 0 Å². The van der Waals surface area contributed by atoms with Crippen molar-refractivity contribution in [1.29, 1.82) is 0 Å². The van der Waals surface area contributed by atoms with Crippen LogP contribution in [0.1, 0.15) is 42.5 Å². The Morgan fingerprint density at radius 2 is 1.77 bits per heavy atom.